The monoisotopic (exact) mass is 541 g/mol. The van der Waals surface area contributed by atoms with Gasteiger partial charge in [0.05, 0.1) is 33.5 Å². The Morgan fingerprint density at radius 1 is 0.821 bits per heavy atom. The fourth-order valence-electron chi connectivity index (χ4n) is 4.43. The number of aryl methyl sites for hydroxylation is 1. The first kappa shape index (κ1) is 29.6. The zero-order valence-electron chi connectivity index (χ0n) is 23.0. The number of fused-ring (bicyclic) bond motifs is 1. The van der Waals surface area contributed by atoms with Gasteiger partial charge in [-0.25, -0.2) is 5.48 Å². The van der Waals surface area contributed by atoms with Crippen molar-refractivity contribution in [3.63, 3.8) is 0 Å². The van der Waals surface area contributed by atoms with Gasteiger partial charge in [-0.05, 0) is 62.1 Å². The van der Waals surface area contributed by atoms with Crippen LogP contribution in [0, 0.1) is 0 Å². The lowest BCUT2D eigenvalue weighted by Crippen LogP contribution is -2.17. The highest BCUT2D eigenvalue weighted by Gasteiger charge is 2.18. The van der Waals surface area contributed by atoms with E-state index in [2.05, 4.69) is 9.88 Å². The van der Waals surface area contributed by atoms with Gasteiger partial charge in [0, 0.05) is 36.7 Å². The third-order valence-corrected chi connectivity index (χ3v) is 6.44. The second-order valence-electron chi connectivity index (χ2n) is 9.17. The predicted molar refractivity (Wildman–Crippen MR) is 149 cm³/mol. The first-order valence-electron chi connectivity index (χ1n) is 13.2. The zero-order chi connectivity index (χ0) is 28.0. The number of hydrogen-bond acceptors (Lipinski definition) is 7. The van der Waals surface area contributed by atoms with Crippen LogP contribution in [0.5, 0.6) is 23.0 Å². The number of unbranched alkanes of at least 4 members (excludes halogenated alkanes) is 4. The summed E-state index contributed by atoms with van der Waals surface area (Å²) in [6.45, 7) is 1.39. The van der Waals surface area contributed by atoms with Crippen LogP contribution in [-0.4, -0.2) is 49.5 Å². The fourth-order valence-corrected chi connectivity index (χ4v) is 4.43. The Kier molecular flexibility index (Phi) is 11.8. The first-order chi connectivity index (χ1) is 19.0. The summed E-state index contributed by atoms with van der Waals surface area (Å²) in [6, 6.07) is 11.4. The summed E-state index contributed by atoms with van der Waals surface area (Å²) >= 11 is 0. The quantitative estimate of drug-likeness (QED) is 0.120. The molecular formula is C29H39N3O7. The lowest BCUT2D eigenvalue weighted by atomic mass is 10.1. The molecule has 1 heterocycles. The van der Waals surface area contributed by atoms with E-state index in [4.69, 9.17) is 24.2 Å². The smallest absolute Gasteiger partial charge is 0.243 e. The van der Waals surface area contributed by atoms with Crippen molar-refractivity contribution in [2.45, 2.75) is 57.9 Å². The molecule has 2 aromatic carbocycles. The van der Waals surface area contributed by atoms with E-state index >= 15 is 0 Å². The summed E-state index contributed by atoms with van der Waals surface area (Å²) in [5, 5.41) is 12.4. The number of hydrogen-bond donors (Lipinski definition) is 3. The molecule has 1 aromatic heterocycles. The molecule has 0 unspecified atom stereocenters. The highest BCUT2D eigenvalue weighted by atomic mass is 16.5. The molecule has 0 saturated heterocycles. The Bertz CT molecular complexity index is 1210. The van der Waals surface area contributed by atoms with E-state index in [9.17, 15) is 9.59 Å². The van der Waals surface area contributed by atoms with Crippen molar-refractivity contribution in [3.8, 4) is 23.0 Å². The molecule has 10 nitrogen and oxygen atoms in total. The Morgan fingerprint density at radius 3 is 2.15 bits per heavy atom. The number of anilines is 1. The number of nitrogens with zero attached hydrogens (tertiary/aromatic N) is 1. The third-order valence-electron chi connectivity index (χ3n) is 6.44. The number of carbonyl (C=O) groups excluding carboxylic acids is 2. The van der Waals surface area contributed by atoms with Crippen molar-refractivity contribution in [3.05, 3.63) is 42.6 Å². The summed E-state index contributed by atoms with van der Waals surface area (Å²) in [5.41, 5.74) is 3.32. The minimum absolute atomic E-state index is 0.0398. The molecule has 3 rings (SSSR count). The number of benzene rings is 2. The van der Waals surface area contributed by atoms with Gasteiger partial charge in [0.1, 0.15) is 5.75 Å². The Labute approximate surface area is 229 Å². The largest absolute Gasteiger partial charge is 0.494 e. The number of methoxy groups -OCH3 is 3. The van der Waals surface area contributed by atoms with Crippen molar-refractivity contribution in [2.75, 3.05) is 33.3 Å². The van der Waals surface area contributed by atoms with E-state index in [1.165, 1.54) is 0 Å². The maximum Gasteiger partial charge on any atom is 0.243 e. The van der Waals surface area contributed by atoms with E-state index in [-0.39, 0.29) is 11.8 Å². The minimum atomic E-state index is -0.380. The molecule has 0 atom stereocenters. The second kappa shape index (κ2) is 15.5. The van der Waals surface area contributed by atoms with Crippen molar-refractivity contribution in [1.29, 1.82) is 0 Å². The number of amides is 2. The van der Waals surface area contributed by atoms with Gasteiger partial charge in [-0.2, -0.15) is 0 Å². The Hall–Kier alpha value is -3.92. The van der Waals surface area contributed by atoms with Crippen molar-refractivity contribution in [2.24, 2.45) is 0 Å². The number of carbonyl (C=O) groups is 2. The van der Waals surface area contributed by atoms with Crippen LogP contribution in [0.4, 0.5) is 5.69 Å². The van der Waals surface area contributed by atoms with Gasteiger partial charge in [0.25, 0.3) is 0 Å². The van der Waals surface area contributed by atoms with Gasteiger partial charge in [-0.15, -0.1) is 0 Å². The minimum Gasteiger partial charge on any atom is -0.494 e. The number of nitrogens with one attached hydrogen (secondary N) is 2. The van der Waals surface area contributed by atoms with Crippen LogP contribution in [0.25, 0.3) is 10.9 Å². The average molecular weight is 542 g/mol. The van der Waals surface area contributed by atoms with Gasteiger partial charge in [-0.1, -0.05) is 12.8 Å². The van der Waals surface area contributed by atoms with Gasteiger partial charge in [0.2, 0.25) is 17.6 Å². The van der Waals surface area contributed by atoms with Crippen LogP contribution in [0.3, 0.4) is 0 Å². The fraction of sp³-hybridized carbons (Fsp3) is 0.448. The molecule has 10 heteroatoms. The normalized spacial score (nSPS) is 10.8. The van der Waals surface area contributed by atoms with E-state index < -0.39 is 0 Å². The van der Waals surface area contributed by atoms with Crippen LogP contribution in [0.2, 0.25) is 0 Å². The molecule has 3 N–H and O–H groups in total. The summed E-state index contributed by atoms with van der Waals surface area (Å²) in [5.74, 6) is 2.21. The van der Waals surface area contributed by atoms with Gasteiger partial charge < -0.3 is 28.8 Å². The SMILES string of the molecule is COc1cc2ccn(CCCCOc3ccc(NC(=O)CCCCCCC(=O)NO)cc3)c2c(OC)c1OC. The highest BCUT2D eigenvalue weighted by molar-refractivity contribution is 5.91. The molecule has 3 aromatic rings. The standard InChI is InChI=1S/C29H39N3O7/c1-36-24-20-21-16-18-32(27(21)29(38-3)28(24)37-2)17-8-9-19-39-23-14-12-22(13-15-23)30-25(33)10-6-4-5-7-11-26(34)31-35/h12-16,18,20,35H,4-11,17,19H2,1-3H3,(H,30,33)(H,31,34). The number of aromatic nitrogens is 1. The van der Waals surface area contributed by atoms with Crippen molar-refractivity contribution >= 4 is 28.4 Å². The van der Waals surface area contributed by atoms with Crippen molar-refractivity contribution < 1.29 is 33.7 Å². The number of ether oxygens (including phenoxy) is 4. The maximum atomic E-state index is 12.2. The van der Waals surface area contributed by atoms with Crippen LogP contribution in [-0.2, 0) is 16.1 Å². The molecule has 0 radical (unpaired) electrons. The summed E-state index contributed by atoms with van der Waals surface area (Å²) < 4.78 is 24.7. The van der Waals surface area contributed by atoms with E-state index in [1.54, 1.807) is 26.8 Å². The molecule has 212 valence electrons. The lowest BCUT2D eigenvalue weighted by molar-refractivity contribution is -0.129. The van der Waals surface area contributed by atoms with Crippen LogP contribution < -0.4 is 29.7 Å². The molecule has 0 fully saturated rings. The van der Waals surface area contributed by atoms with E-state index in [0.29, 0.717) is 43.1 Å². The molecule has 0 spiro atoms. The van der Waals surface area contributed by atoms with Crippen LogP contribution in [0.15, 0.2) is 42.6 Å². The average Bonchev–Trinajstić information content (AvgIpc) is 3.36. The van der Waals surface area contributed by atoms with Crippen molar-refractivity contribution in [1.82, 2.24) is 10.0 Å². The topological polar surface area (TPSA) is 120 Å². The predicted octanol–water partition coefficient (Wildman–Crippen LogP) is 5.31. The van der Waals surface area contributed by atoms with Gasteiger partial charge in [0.15, 0.2) is 11.5 Å². The Morgan fingerprint density at radius 2 is 1.51 bits per heavy atom. The molecule has 2 amide bonds. The lowest BCUT2D eigenvalue weighted by Gasteiger charge is -2.15. The molecule has 0 aliphatic rings. The molecule has 0 saturated carbocycles. The summed E-state index contributed by atoms with van der Waals surface area (Å²) in [6.07, 6.45) is 7.69. The molecular weight excluding hydrogens is 502 g/mol. The summed E-state index contributed by atoms with van der Waals surface area (Å²) in [7, 11) is 4.85. The molecule has 0 bridgehead atoms. The molecule has 0 aliphatic carbocycles. The van der Waals surface area contributed by atoms with Crippen LogP contribution in [0.1, 0.15) is 51.4 Å². The highest BCUT2D eigenvalue weighted by Crippen LogP contribution is 2.43. The first-order valence-corrected chi connectivity index (χ1v) is 13.2. The van der Waals surface area contributed by atoms with E-state index in [1.807, 2.05) is 42.6 Å². The number of hydroxylamine groups is 1. The summed E-state index contributed by atoms with van der Waals surface area (Å²) in [4.78, 5) is 23.1. The third kappa shape index (κ3) is 8.54. The Balaban J connectivity index is 1.37. The number of rotatable bonds is 17. The molecule has 0 aliphatic heterocycles. The van der Waals surface area contributed by atoms with Gasteiger partial charge in [-0.3, -0.25) is 14.8 Å². The van der Waals surface area contributed by atoms with Crippen LogP contribution >= 0.6 is 0 Å². The maximum absolute atomic E-state index is 12.2. The van der Waals surface area contributed by atoms with Gasteiger partial charge >= 0.3 is 0 Å². The molecule has 39 heavy (non-hydrogen) atoms. The second-order valence-corrected chi connectivity index (χ2v) is 9.17. The van der Waals surface area contributed by atoms with E-state index in [0.717, 1.165) is 61.0 Å². The zero-order valence-corrected chi connectivity index (χ0v) is 23.0.